The molecule has 44 heavy (non-hydrogen) atoms. The van der Waals surface area contributed by atoms with Crippen molar-refractivity contribution in [3.8, 4) is 0 Å². The lowest BCUT2D eigenvalue weighted by Gasteiger charge is -2.36. The van der Waals surface area contributed by atoms with Gasteiger partial charge in [-0.25, -0.2) is 0 Å². The Hall–Kier alpha value is -4.04. The van der Waals surface area contributed by atoms with Gasteiger partial charge in [0.1, 0.15) is 0 Å². The number of para-hydroxylation sites is 1. The van der Waals surface area contributed by atoms with Crippen LogP contribution in [0, 0.1) is 0 Å². The molecule has 2 nitrogen and oxygen atoms in total. The molecule has 1 heterocycles. The Labute approximate surface area is 265 Å². The number of nitrogens with zero attached hydrogens (tertiary/aromatic N) is 1. The molecule has 1 atom stereocenters. The van der Waals surface area contributed by atoms with Gasteiger partial charge in [-0.3, -0.25) is 0 Å². The van der Waals surface area contributed by atoms with E-state index >= 15 is 0 Å². The molecule has 1 spiro atoms. The lowest BCUT2D eigenvalue weighted by Crippen LogP contribution is -2.31. The zero-order valence-corrected chi connectivity index (χ0v) is 26.9. The Morgan fingerprint density at radius 1 is 0.818 bits per heavy atom. The van der Waals surface area contributed by atoms with E-state index in [4.69, 9.17) is 0 Å². The molecule has 4 aromatic carbocycles. The highest BCUT2D eigenvalue weighted by atomic mass is 15.2. The van der Waals surface area contributed by atoms with Crippen molar-refractivity contribution in [1.82, 2.24) is 0 Å². The van der Waals surface area contributed by atoms with Gasteiger partial charge in [0.15, 0.2) is 0 Å². The van der Waals surface area contributed by atoms with Crippen molar-refractivity contribution < 1.29 is 0 Å². The average Bonchev–Trinajstić information content (AvgIpc) is 3.28. The van der Waals surface area contributed by atoms with Crippen LogP contribution in [-0.2, 0) is 17.3 Å². The van der Waals surface area contributed by atoms with Crippen molar-refractivity contribution in [3.05, 3.63) is 144 Å². The van der Waals surface area contributed by atoms with Crippen molar-refractivity contribution in [2.75, 3.05) is 23.8 Å². The first-order valence-corrected chi connectivity index (χ1v) is 16.7. The predicted octanol–water partition coefficient (Wildman–Crippen LogP) is 10.9. The number of benzene rings is 4. The van der Waals surface area contributed by atoms with Crippen LogP contribution in [-0.4, -0.2) is 13.6 Å². The third-order valence-electron chi connectivity index (χ3n) is 10.1. The molecule has 2 heteroatoms. The van der Waals surface area contributed by atoms with Gasteiger partial charge >= 0.3 is 0 Å². The summed E-state index contributed by atoms with van der Waals surface area (Å²) in [4.78, 5) is 2.49. The van der Waals surface area contributed by atoms with E-state index in [0.717, 1.165) is 25.8 Å². The van der Waals surface area contributed by atoms with Crippen molar-refractivity contribution in [2.24, 2.45) is 0 Å². The molecule has 2 aliphatic rings. The minimum Gasteiger partial charge on any atom is -0.385 e. The molecule has 1 saturated carbocycles. The number of hydrogen-bond acceptors (Lipinski definition) is 2. The number of likely N-dealkylation sites (N-methyl/N-ethyl adjacent to an activating group) is 1. The molecule has 0 bridgehead atoms. The minimum absolute atomic E-state index is 0.0258. The maximum atomic E-state index is 3.70. The molecule has 0 saturated heterocycles. The highest BCUT2D eigenvalue weighted by Crippen LogP contribution is 2.56. The molecule has 6 rings (SSSR count). The smallest absolute Gasteiger partial charge is 0.0527 e. The minimum atomic E-state index is -0.0258. The quantitative estimate of drug-likeness (QED) is 0.188. The lowest BCUT2D eigenvalue weighted by molar-refractivity contribution is 0.347. The highest BCUT2D eigenvalue weighted by molar-refractivity contribution is 5.99. The molecular weight excluding hydrogens is 532 g/mol. The van der Waals surface area contributed by atoms with Crippen LogP contribution in [0.2, 0.25) is 0 Å². The summed E-state index contributed by atoms with van der Waals surface area (Å²) in [6.07, 6.45) is 21.0. The average molecular weight is 581 g/mol. The summed E-state index contributed by atoms with van der Waals surface area (Å²) < 4.78 is 0. The summed E-state index contributed by atoms with van der Waals surface area (Å²) in [5, 5.41) is 6.40. The molecule has 0 amide bonds. The standard InChI is InChI=1S/C42H48N2/c1-4-31-43-38-24-15-14-23-36(38)41(2,32-33-19-9-7-10-20-33)28-16-6-5-11-25-39-42(29-17-8-18-30-42)37-27-26-34-21-12-13-22-35(34)40(37)44(39)3/h5-7,9-16,19-27,43H,4,8,17-18,28-32H2,1-3H3/b11-5+,16-6+,39-25+. The van der Waals surface area contributed by atoms with Crippen molar-refractivity contribution in [3.63, 3.8) is 0 Å². The molecular formula is C42H48N2. The number of hydrogen-bond donors (Lipinski definition) is 1. The normalized spacial score (nSPS) is 18.4. The van der Waals surface area contributed by atoms with Crippen LogP contribution in [0.4, 0.5) is 11.4 Å². The Balaban J connectivity index is 1.26. The molecule has 1 N–H and O–H groups in total. The van der Waals surface area contributed by atoms with E-state index in [2.05, 4.69) is 152 Å². The fourth-order valence-corrected chi connectivity index (χ4v) is 7.90. The van der Waals surface area contributed by atoms with Gasteiger partial charge in [0.05, 0.1) is 5.69 Å². The molecule has 0 radical (unpaired) electrons. The zero-order chi connectivity index (χ0) is 30.4. The second-order valence-corrected chi connectivity index (χ2v) is 13.1. The van der Waals surface area contributed by atoms with Crippen LogP contribution < -0.4 is 10.2 Å². The third kappa shape index (κ3) is 5.87. The Bertz CT molecular complexity index is 1650. The van der Waals surface area contributed by atoms with Crippen LogP contribution in [0.25, 0.3) is 10.8 Å². The van der Waals surface area contributed by atoms with Crippen molar-refractivity contribution >= 4 is 22.1 Å². The van der Waals surface area contributed by atoms with Crippen LogP contribution in [0.5, 0.6) is 0 Å². The lowest BCUT2D eigenvalue weighted by atomic mass is 9.68. The van der Waals surface area contributed by atoms with E-state index in [9.17, 15) is 0 Å². The van der Waals surface area contributed by atoms with Crippen LogP contribution >= 0.6 is 0 Å². The number of nitrogens with one attached hydrogen (secondary N) is 1. The van der Waals surface area contributed by atoms with Crippen molar-refractivity contribution in [2.45, 2.75) is 76.0 Å². The Morgan fingerprint density at radius 2 is 1.57 bits per heavy atom. The summed E-state index contributed by atoms with van der Waals surface area (Å²) in [6.45, 7) is 5.63. The van der Waals surface area contributed by atoms with Gasteiger partial charge in [0, 0.05) is 41.2 Å². The third-order valence-corrected chi connectivity index (χ3v) is 10.1. The molecule has 4 aromatic rings. The first kappa shape index (κ1) is 30.0. The van der Waals surface area contributed by atoms with Gasteiger partial charge in [0.2, 0.25) is 0 Å². The summed E-state index contributed by atoms with van der Waals surface area (Å²) in [5.41, 5.74) is 8.53. The second-order valence-electron chi connectivity index (χ2n) is 13.1. The van der Waals surface area contributed by atoms with E-state index in [-0.39, 0.29) is 10.8 Å². The number of rotatable bonds is 10. The molecule has 1 fully saturated rings. The molecule has 1 unspecified atom stereocenters. The van der Waals surface area contributed by atoms with Crippen LogP contribution in [0.3, 0.4) is 0 Å². The predicted molar refractivity (Wildman–Crippen MR) is 191 cm³/mol. The maximum Gasteiger partial charge on any atom is 0.0527 e. The second kappa shape index (κ2) is 13.3. The first-order chi connectivity index (χ1) is 21.6. The van der Waals surface area contributed by atoms with E-state index in [1.165, 1.54) is 76.6 Å². The molecule has 1 aliphatic carbocycles. The van der Waals surface area contributed by atoms with Gasteiger partial charge in [0.25, 0.3) is 0 Å². The largest absolute Gasteiger partial charge is 0.385 e. The fourth-order valence-electron chi connectivity index (χ4n) is 7.90. The van der Waals surface area contributed by atoms with E-state index < -0.39 is 0 Å². The van der Waals surface area contributed by atoms with Gasteiger partial charge in [-0.15, -0.1) is 0 Å². The molecule has 1 aliphatic heterocycles. The monoisotopic (exact) mass is 580 g/mol. The Kier molecular flexibility index (Phi) is 9.07. The Morgan fingerprint density at radius 3 is 2.39 bits per heavy atom. The van der Waals surface area contributed by atoms with Gasteiger partial charge in [-0.2, -0.15) is 0 Å². The summed E-state index contributed by atoms with van der Waals surface area (Å²) in [7, 11) is 2.28. The maximum absolute atomic E-state index is 3.70. The molecule has 0 aromatic heterocycles. The van der Waals surface area contributed by atoms with Crippen LogP contribution in [0.15, 0.2) is 127 Å². The fraction of sp³-hybridized carbons (Fsp3) is 0.333. The molecule has 226 valence electrons. The van der Waals surface area contributed by atoms with Crippen LogP contribution in [0.1, 0.15) is 75.5 Å². The number of anilines is 2. The highest BCUT2D eigenvalue weighted by Gasteiger charge is 2.46. The number of allylic oxidation sites excluding steroid dienone is 6. The SMILES string of the molecule is CCCNc1ccccc1C(C)(C/C=C/C=C/C=C1/N(C)c2c(ccc3ccccc23)C12CCCCC2)Cc1ccccc1. The van der Waals surface area contributed by atoms with Gasteiger partial charge < -0.3 is 10.2 Å². The topological polar surface area (TPSA) is 15.3 Å². The summed E-state index contributed by atoms with van der Waals surface area (Å²) in [5.74, 6) is 0. The van der Waals surface area contributed by atoms with E-state index in [1.54, 1.807) is 0 Å². The number of fused-ring (bicyclic) bond motifs is 4. The first-order valence-electron chi connectivity index (χ1n) is 16.7. The zero-order valence-electron chi connectivity index (χ0n) is 26.9. The van der Waals surface area contributed by atoms with E-state index in [1.807, 2.05) is 0 Å². The van der Waals surface area contributed by atoms with Gasteiger partial charge in [-0.1, -0.05) is 142 Å². The van der Waals surface area contributed by atoms with Crippen molar-refractivity contribution in [1.29, 1.82) is 0 Å². The summed E-state index contributed by atoms with van der Waals surface area (Å²) in [6, 6.07) is 33.5. The summed E-state index contributed by atoms with van der Waals surface area (Å²) >= 11 is 0. The van der Waals surface area contributed by atoms with Gasteiger partial charge in [-0.05, 0) is 66.3 Å². The van der Waals surface area contributed by atoms with E-state index in [0.29, 0.717) is 0 Å².